The molecule has 2 aliphatic heterocycles. The number of rotatable bonds is 2. The Labute approximate surface area is 103 Å². The third-order valence-corrected chi connectivity index (χ3v) is 3.79. The van der Waals surface area contributed by atoms with Crippen LogP contribution >= 0.6 is 0 Å². The average molecular weight is 228 g/mol. The van der Waals surface area contributed by atoms with Gasteiger partial charge in [0.25, 0.3) is 0 Å². The van der Waals surface area contributed by atoms with Crippen LogP contribution in [0.4, 0.5) is 0 Å². The Morgan fingerprint density at radius 1 is 1.06 bits per heavy atom. The molecular formula is C15H20N2. The van der Waals surface area contributed by atoms with E-state index in [0.29, 0.717) is 0 Å². The second-order valence-electron chi connectivity index (χ2n) is 5.05. The number of hydrogen-bond donors (Lipinski definition) is 1. The highest BCUT2D eigenvalue weighted by atomic mass is 15.1. The molecule has 0 amide bonds. The van der Waals surface area contributed by atoms with Crippen LogP contribution in [0.25, 0.3) is 0 Å². The summed E-state index contributed by atoms with van der Waals surface area (Å²) in [6, 6.07) is 8.81. The predicted octanol–water partition coefficient (Wildman–Crippen LogP) is 2.31. The minimum atomic E-state index is 1.12. The lowest BCUT2D eigenvalue weighted by Crippen LogP contribution is -2.24. The number of fused-ring (bicyclic) bond motifs is 1. The molecule has 0 atom stereocenters. The van der Waals surface area contributed by atoms with Crippen molar-refractivity contribution >= 4 is 0 Å². The third kappa shape index (κ3) is 2.59. The maximum absolute atomic E-state index is 3.40. The van der Waals surface area contributed by atoms with Crippen molar-refractivity contribution in [3.8, 4) is 0 Å². The Morgan fingerprint density at radius 3 is 2.35 bits per heavy atom. The van der Waals surface area contributed by atoms with Crippen molar-refractivity contribution in [2.75, 3.05) is 19.6 Å². The van der Waals surface area contributed by atoms with E-state index in [1.165, 1.54) is 24.0 Å². The molecule has 2 heterocycles. The second kappa shape index (κ2) is 5.03. The van der Waals surface area contributed by atoms with E-state index < -0.39 is 0 Å². The Morgan fingerprint density at radius 2 is 1.71 bits per heavy atom. The molecule has 17 heavy (non-hydrogen) atoms. The minimum Gasteiger partial charge on any atom is -0.316 e. The normalized spacial score (nSPS) is 20.4. The largest absolute Gasteiger partial charge is 0.316 e. The maximum atomic E-state index is 3.40. The Kier molecular flexibility index (Phi) is 3.25. The Bertz CT molecular complexity index is 390. The molecule has 0 radical (unpaired) electrons. The predicted molar refractivity (Wildman–Crippen MR) is 70.7 cm³/mol. The molecule has 0 unspecified atom stereocenters. The molecule has 90 valence electrons. The quantitative estimate of drug-likeness (QED) is 0.781. The first-order chi connectivity index (χ1) is 8.42. The fraction of sp³-hybridized carbons (Fsp3) is 0.467. The molecule has 0 saturated carbocycles. The van der Waals surface area contributed by atoms with Crippen LogP contribution in [0.1, 0.15) is 24.0 Å². The van der Waals surface area contributed by atoms with Gasteiger partial charge in [-0.2, -0.15) is 0 Å². The van der Waals surface area contributed by atoms with Crippen LogP contribution in [-0.2, 0) is 13.1 Å². The van der Waals surface area contributed by atoms with E-state index in [4.69, 9.17) is 0 Å². The molecule has 1 aromatic carbocycles. The number of nitrogens with zero attached hydrogens (tertiary/aromatic N) is 1. The summed E-state index contributed by atoms with van der Waals surface area (Å²) in [5.74, 6) is 0. The smallest absolute Gasteiger partial charge is 0.0243 e. The number of nitrogens with one attached hydrogen (secondary N) is 1. The maximum Gasteiger partial charge on any atom is 0.0243 e. The summed E-state index contributed by atoms with van der Waals surface area (Å²) in [6.45, 7) is 5.68. The van der Waals surface area contributed by atoms with Gasteiger partial charge in [-0.05, 0) is 37.1 Å². The molecule has 3 rings (SSSR count). The molecule has 0 aliphatic carbocycles. The van der Waals surface area contributed by atoms with Crippen molar-refractivity contribution in [2.24, 2.45) is 0 Å². The van der Waals surface area contributed by atoms with Gasteiger partial charge in [-0.25, -0.2) is 0 Å². The molecule has 1 N–H and O–H groups in total. The van der Waals surface area contributed by atoms with Crippen LogP contribution in [0.5, 0.6) is 0 Å². The van der Waals surface area contributed by atoms with E-state index >= 15 is 0 Å². The van der Waals surface area contributed by atoms with E-state index in [0.717, 1.165) is 32.7 Å². The van der Waals surface area contributed by atoms with Crippen LogP contribution in [0.3, 0.4) is 0 Å². The van der Waals surface area contributed by atoms with E-state index in [2.05, 4.69) is 40.6 Å². The van der Waals surface area contributed by atoms with Crippen LogP contribution in [-0.4, -0.2) is 24.5 Å². The number of hydrogen-bond acceptors (Lipinski definition) is 2. The summed E-state index contributed by atoms with van der Waals surface area (Å²) >= 11 is 0. The van der Waals surface area contributed by atoms with E-state index in [1.54, 1.807) is 5.57 Å². The van der Waals surface area contributed by atoms with Crippen molar-refractivity contribution in [1.82, 2.24) is 10.2 Å². The van der Waals surface area contributed by atoms with E-state index in [9.17, 15) is 0 Å². The first-order valence-electron chi connectivity index (χ1n) is 6.59. The topological polar surface area (TPSA) is 15.3 Å². The summed E-state index contributed by atoms with van der Waals surface area (Å²) in [7, 11) is 0. The first kappa shape index (κ1) is 11.0. The minimum absolute atomic E-state index is 1.12. The molecule has 2 nitrogen and oxygen atoms in total. The SMILES string of the molecule is C(CN1Cc2ccccc2C1)=C1CCNCC1. The summed E-state index contributed by atoms with van der Waals surface area (Å²) < 4.78 is 0. The summed E-state index contributed by atoms with van der Waals surface area (Å²) in [5.41, 5.74) is 4.66. The number of piperidine rings is 1. The second-order valence-corrected chi connectivity index (χ2v) is 5.05. The summed E-state index contributed by atoms with van der Waals surface area (Å²) in [6.07, 6.45) is 4.92. The van der Waals surface area contributed by atoms with Gasteiger partial charge in [-0.1, -0.05) is 35.9 Å². The molecule has 1 aromatic rings. The van der Waals surface area contributed by atoms with E-state index in [-0.39, 0.29) is 0 Å². The molecule has 2 heteroatoms. The van der Waals surface area contributed by atoms with Gasteiger partial charge in [0.05, 0.1) is 0 Å². The lowest BCUT2D eigenvalue weighted by molar-refractivity contribution is 0.315. The molecule has 1 fully saturated rings. The highest BCUT2D eigenvalue weighted by Gasteiger charge is 2.17. The van der Waals surface area contributed by atoms with Gasteiger partial charge >= 0.3 is 0 Å². The first-order valence-corrected chi connectivity index (χ1v) is 6.59. The zero-order valence-corrected chi connectivity index (χ0v) is 10.3. The van der Waals surface area contributed by atoms with Crippen molar-refractivity contribution in [1.29, 1.82) is 0 Å². The summed E-state index contributed by atoms with van der Waals surface area (Å²) in [5, 5.41) is 3.40. The molecule has 2 aliphatic rings. The Balaban J connectivity index is 1.58. The fourth-order valence-corrected chi connectivity index (χ4v) is 2.74. The average Bonchev–Trinajstić information content (AvgIpc) is 2.80. The highest BCUT2D eigenvalue weighted by molar-refractivity contribution is 5.30. The standard InChI is InChI=1S/C15H20N2/c1-2-4-15-12-17(11-14(15)3-1)10-7-13-5-8-16-9-6-13/h1-4,7,16H,5-6,8-12H2. The van der Waals surface area contributed by atoms with Crippen LogP contribution in [0.2, 0.25) is 0 Å². The van der Waals surface area contributed by atoms with Gasteiger partial charge in [0.1, 0.15) is 0 Å². The van der Waals surface area contributed by atoms with Crippen LogP contribution in [0, 0.1) is 0 Å². The molecular weight excluding hydrogens is 208 g/mol. The Hall–Kier alpha value is -1.12. The van der Waals surface area contributed by atoms with Gasteiger partial charge in [0.2, 0.25) is 0 Å². The molecule has 0 bridgehead atoms. The van der Waals surface area contributed by atoms with Crippen molar-refractivity contribution in [3.05, 3.63) is 47.0 Å². The van der Waals surface area contributed by atoms with Gasteiger partial charge in [-0.3, -0.25) is 4.90 Å². The van der Waals surface area contributed by atoms with Crippen molar-refractivity contribution in [3.63, 3.8) is 0 Å². The lowest BCUT2D eigenvalue weighted by Gasteiger charge is -2.17. The highest BCUT2D eigenvalue weighted by Crippen LogP contribution is 2.22. The van der Waals surface area contributed by atoms with Gasteiger partial charge in [0, 0.05) is 19.6 Å². The zero-order chi connectivity index (χ0) is 11.5. The zero-order valence-electron chi connectivity index (χ0n) is 10.3. The third-order valence-electron chi connectivity index (χ3n) is 3.79. The monoisotopic (exact) mass is 228 g/mol. The van der Waals surface area contributed by atoms with Gasteiger partial charge < -0.3 is 5.32 Å². The number of benzene rings is 1. The van der Waals surface area contributed by atoms with Crippen molar-refractivity contribution in [2.45, 2.75) is 25.9 Å². The summed E-state index contributed by atoms with van der Waals surface area (Å²) in [4.78, 5) is 2.53. The van der Waals surface area contributed by atoms with Gasteiger partial charge in [-0.15, -0.1) is 0 Å². The van der Waals surface area contributed by atoms with E-state index in [1.807, 2.05) is 0 Å². The van der Waals surface area contributed by atoms with Crippen LogP contribution in [0.15, 0.2) is 35.9 Å². The fourth-order valence-electron chi connectivity index (χ4n) is 2.74. The molecule has 0 aromatic heterocycles. The molecule has 1 saturated heterocycles. The van der Waals surface area contributed by atoms with Gasteiger partial charge in [0.15, 0.2) is 0 Å². The molecule has 0 spiro atoms. The lowest BCUT2D eigenvalue weighted by atomic mass is 10.1. The van der Waals surface area contributed by atoms with Crippen LogP contribution < -0.4 is 5.32 Å². The van der Waals surface area contributed by atoms with Crippen molar-refractivity contribution < 1.29 is 0 Å².